The van der Waals surface area contributed by atoms with Crippen LogP contribution in [-0.4, -0.2) is 41.2 Å². The number of carbonyl (C=O) groups excluding carboxylic acids is 1. The number of amides is 1. The Kier molecular flexibility index (Phi) is 4.20. The number of benzene rings is 1. The molecule has 3 saturated heterocycles. The number of halogens is 1. The number of thiazole rings is 1. The normalized spacial score (nSPS) is 25.5. The second-order valence-corrected chi connectivity index (χ2v) is 7.88. The lowest BCUT2D eigenvalue weighted by Crippen LogP contribution is -2.54. The third-order valence-corrected chi connectivity index (χ3v) is 6.03. The average molecular weight is 364 g/mol. The highest BCUT2D eigenvalue weighted by Gasteiger charge is 2.42. The van der Waals surface area contributed by atoms with Crippen LogP contribution in [-0.2, 0) is 4.74 Å². The maximum Gasteiger partial charge on any atom is 0.413 e. The first kappa shape index (κ1) is 15.9. The van der Waals surface area contributed by atoms with Crippen LogP contribution in [0.3, 0.4) is 0 Å². The molecule has 5 rings (SSSR count). The third-order valence-electron chi connectivity index (χ3n) is 4.82. The lowest BCUT2D eigenvalue weighted by molar-refractivity contribution is -0.0742. The largest absolute Gasteiger partial charge is 0.443 e. The van der Waals surface area contributed by atoms with E-state index in [0.29, 0.717) is 10.3 Å². The first-order chi connectivity index (χ1) is 11.6. The standard InChI is InChI=1S/C17H18ClN3O2S/c18-15-19-14(13(24-15)12-4-2-1-3-5-12)20-16(22)23-17-6-9-21(10-7-17)11-8-17/h1-5H,6-11H2,(H,20,22). The van der Waals surface area contributed by atoms with Crippen LogP contribution in [0.4, 0.5) is 10.6 Å². The zero-order valence-corrected chi connectivity index (χ0v) is 14.7. The summed E-state index contributed by atoms with van der Waals surface area (Å²) in [5, 5.41) is 2.79. The van der Waals surface area contributed by atoms with Gasteiger partial charge in [0, 0.05) is 38.9 Å². The molecule has 0 spiro atoms. The Hall–Kier alpha value is -1.63. The molecule has 1 amide bonds. The molecular formula is C17H18ClN3O2S. The fraction of sp³-hybridized carbons (Fsp3) is 0.412. The van der Waals surface area contributed by atoms with Gasteiger partial charge in [0.1, 0.15) is 5.60 Å². The van der Waals surface area contributed by atoms with Gasteiger partial charge in [-0.25, -0.2) is 9.78 Å². The van der Waals surface area contributed by atoms with Gasteiger partial charge in [0.15, 0.2) is 10.3 Å². The van der Waals surface area contributed by atoms with E-state index in [0.717, 1.165) is 49.3 Å². The van der Waals surface area contributed by atoms with Crippen LogP contribution in [0.25, 0.3) is 10.4 Å². The van der Waals surface area contributed by atoms with Gasteiger partial charge >= 0.3 is 6.09 Å². The highest BCUT2D eigenvalue weighted by atomic mass is 35.5. The number of hydrogen-bond acceptors (Lipinski definition) is 5. The Balaban J connectivity index is 1.50. The average Bonchev–Trinajstić information content (AvgIpc) is 2.97. The lowest BCUT2D eigenvalue weighted by atomic mass is 9.83. The topological polar surface area (TPSA) is 54.5 Å². The summed E-state index contributed by atoms with van der Waals surface area (Å²) in [7, 11) is 0. The Morgan fingerprint density at radius 3 is 2.54 bits per heavy atom. The number of nitrogens with one attached hydrogen (secondary N) is 1. The van der Waals surface area contributed by atoms with E-state index in [1.807, 2.05) is 30.3 Å². The molecule has 2 aromatic rings. The molecule has 0 unspecified atom stereocenters. The Bertz CT molecular complexity index is 728. The molecule has 126 valence electrons. The van der Waals surface area contributed by atoms with Crippen molar-refractivity contribution in [3.05, 3.63) is 34.8 Å². The van der Waals surface area contributed by atoms with Gasteiger partial charge in [-0.1, -0.05) is 41.9 Å². The minimum Gasteiger partial charge on any atom is -0.443 e. The molecule has 24 heavy (non-hydrogen) atoms. The van der Waals surface area contributed by atoms with Gasteiger partial charge in [0.2, 0.25) is 0 Å². The highest BCUT2D eigenvalue weighted by molar-refractivity contribution is 7.19. The maximum atomic E-state index is 12.4. The number of hydrogen-bond donors (Lipinski definition) is 1. The summed E-state index contributed by atoms with van der Waals surface area (Å²) < 4.78 is 6.21. The van der Waals surface area contributed by atoms with E-state index < -0.39 is 6.09 Å². The van der Waals surface area contributed by atoms with Gasteiger partial charge < -0.3 is 9.64 Å². The number of ether oxygens (including phenoxy) is 1. The molecule has 3 aliphatic rings. The summed E-state index contributed by atoms with van der Waals surface area (Å²) in [4.78, 5) is 19.9. The van der Waals surface area contributed by atoms with E-state index in [1.165, 1.54) is 11.3 Å². The van der Waals surface area contributed by atoms with Gasteiger partial charge in [-0.2, -0.15) is 0 Å². The van der Waals surface area contributed by atoms with Crippen molar-refractivity contribution in [3.8, 4) is 10.4 Å². The summed E-state index contributed by atoms with van der Waals surface area (Å²) >= 11 is 7.41. The SMILES string of the molecule is O=C(Nc1nc(Cl)sc1-c1ccccc1)OC12CCN(CC1)CC2. The first-order valence-electron chi connectivity index (χ1n) is 8.08. The lowest BCUT2D eigenvalue weighted by Gasteiger charge is -2.47. The predicted molar refractivity (Wildman–Crippen MR) is 95.7 cm³/mol. The maximum absolute atomic E-state index is 12.4. The fourth-order valence-corrected chi connectivity index (χ4v) is 4.50. The van der Waals surface area contributed by atoms with Crippen LogP contribution in [0.15, 0.2) is 30.3 Å². The van der Waals surface area contributed by atoms with Crippen LogP contribution >= 0.6 is 22.9 Å². The summed E-state index contributed by atoms with van der Waals surface area (Å²) in [6, 6.07) is 9.77. The Morgan fingerprint density at radius 1 is 1.21 bits per heavy atom. The van der Waals surface area contributed by atoms with E-state index >= 15 is 0 Å². The van der Waals surface area contributed by atoms with Crippen LogP contribution in [0, 0.1) is 0 Å². The molecular weight excluding hydrogens is 346 g/mol. The summed E-state index contributed by atoms with van der Waals surface area (Å²) in [6.07, 6.45) is 2.28. The zero-order chi connectivity index (χ0) is 16.6. The Labute approximate surface area is 149 Å². The molecule has 1 aromatic heterocycles. The van der Waals surface area contributed by atoms with E-state index in [1.54, 1.807) is 0 Å². The molecule has 0 atom stereocenters. The summed E-state index contributed by atoms with van der Waals surface area (Å²) in [5.74, 6) is 0.464. The monoisotopic (exact) mass is 363 g/mol. The molecule has 1 aromatic carbocycles. The van der Waals surface area contributed by atoms with Crippen molar-refractivity contribution < 1.29 is 9.53 Å². The van der Waals surface area contributed by atoms with Crippen molar-refractivity contribution in [2.45, 2.75) is 24.9 Å². The summed E-state index contributed by atoms with van der Waals surface area (Å²) in [6.45, 7) is 3.02. The van der Waals surface area contributed by atoms with E-state index in [-0.39, 0.29) is 5.60 Å². The molecule has 0 radical (unpaired) electrons. The first-order valence-corrected chi connectivity index (χ1v) is 9.27. The second-order valence-electron chi connectivity index (χ2n) is 6.30. The van der Waals surface area contributed by atoms with Crippen LogP contribution < -0.4 is 5.32 Å². The van der Waals surface area contributed by atoms with Gasteiger partial charge in [-0.05, 0) is 5.56 Å². The molecule has 0 aliphatic carbocycles. The molecule has 5 nitrogen and oxygen atoms in total. The van der Waals surface area contributed by atoms with Crippen LogP contribution in [0.2, 0.25) is 4.47 Å². The number of carbonyl (C=O) groups is 1. The fourth-order valence-electron chi connectivity index (χ4n) is 3.43. The number of piperidine rings is 3. The molecule has 0 saturated carbocycles. The number of fused-ring (bicyclic) bond motifs is 3. The molecule has 4 heterocycles. The molecule has 1 N–H and O–H groups in total. The van der Waals surface area contributed by atoms with Crippen molar-refractivity contribution in [1.82, 2.24) is 9.88 Å². The van der Waals surface area contributed by atoms with Crippen LogP contribution in [0.1, 0.15) is 19.3 Å². The minimum absolute atomic E-state index is 0.314. The molecule has 3 aliphatic heterocycles. The number of aromatic nitrogens is 1. The molecule has 3 fully saturated rings. The number of rotatable bonds is 3. The summed E-state index contributed by atoms with van der Waals surface area (Å²) in [5.41, 5.74) is 0.660. The second kappa shape index (κ2) is 6.35. The molecule has 2 bridgehead atoms. The molecule has 7 heteroatoms. The number of nitrogens with zero attached hydrogens (tertiary/aromatic N) is 2. The van der Waals surface area contributed by atoms with Crippen molar-refractivity contribution in [2.24, 2.45) is 0 Å². The van der Waals surface area contributed by atoms with Crippen LogP contribution in [0.5, 0.6) is 0 Å². The van der Waals surface area contributed by atoms with Crippen molar-refractivity contribution in [2.75, 3.05) is 25.0 Å². The van der Waals surface area contributed by atoms with Gasteiger partial charge in [-0.15, -0.1) is 11.3 Å². The van der Waals surface area contributed by atoms with E-state index in [2.05, 4.69) is 15.2 Å². The van der Waals surface area contributed by atoms with Gasteiger partial charge in [0.25, 0.3) is 0 Å². The van der Waals surface area contributed by atoms with Gasteiger partial charge in [-0.3, -0.25) is 5.32 Å². The quantitative estimate of drug-likeness (QED) is 0.885. The minimum atomic E-state index is -0.440. The smallest absolute Gasteiger partial charge is 0.413 e. The van der Waals surface area contributed by atoms with Crippen molar-refractivity contribution >= 4 is 34.8 Å². The van der Waals surface area contributed by atoms with Gasteiger partial charge in [0.05, 0.1) is 4.88 Å². The number of anilines is 1. The zero-order valence-electron chi connectivity index (χ0n) is 13.1. The van der Waals surface area contributed by atoms with Crippen molar-refractivity contribution in [3.63, 3.8) is 0 Å². The van der Waals surface area contributed by atoms with Crippen molar-refractivity contribution in [1.29, 1.82) is 0 Å². The predicted octanol–water partition coefficient (Wildman–Crippen LogP) is 4.25. The highest BCUT2D eigenvalue weighted by Crippen LogP contribution is 2.38. The third kappa shape index (κ3) is 3.14. The Morgan fingerprint density at radius 2 is 1.88 bits per heavy atom. The van der Waals surface area contributed by atoms with E-state index in [4.69, 9.17) is 16.3 Å². The van der Waals surface area contributed by atoms with E-state index in [9.17, 15) is 4.79 Å².